The van der Waals surface area contributed by atoms with Crippen molar-refractivity contribution in [3.05, 3.63) is 21.4 Å². The highest BCUT2D eigenvalue weighted by atomic mass is 32.2. The lowest BCUT2D eigenvalue weighted by Gasteiger charge is -1.97. The van der Waals surface area contributed by atoms with E-state index < -0.39 is 9.84 Å². The van der Waals surface area contributed by atoms with Crippen molar-refractivity contribution in [3.63, 3.8) is 0 Å². The van der Waals surface area contributed by atoms with E-state index in [4.69, 9.17) is 0 Å². The number of carbonyl (C=O) groups is 1. The molecule has 0 atom stereocenters. The van der Waals surface area contributed by atoms with Gasteiger partial charge < -0.3 is 0 Å². The van der Waals surface area contributed by atoms with Gasteiger partial charge in [-0.2, -0.15) is 0 Å². The van der Waals surface area contributed by atoms with Gasteiger partial charge in [0, 0.05) is 17.6 Å². The van der Waals surface area contributed by atoms with E-state index in [-0.39, 0.29) is 18.0 Å². The maximum absolute atomic E-state index is 11.9. The summed E-state index contributed by atoms with van der Waals surface area (Å²) in [6, 6.07) is 1.98. The third kappa shape index (κ3) is 3.65. The molecule has 3 nitrogen and oxygen atoms in total. The Labute approximate surface area is 112 Å². The molecule has 18 heavy (non-hydrogen) atoms. The molecular formula is C13H18O3S2. The number of carbonyl (C=O) groups excluding carboxylic acids is 1. The molecule has 0 fully saturated rings. The minimum Gasteiger partial charge on any atom is -0.293 e. The SMILES string of the molecule is CS(=O)(=O)CCC(=O)c1cc2c(s1)CCCCC2. The number of sulfone groups is 1. The highest BCUT2D eigenvalue weighted by molar-refractivity contribution is 7.90. The molecule has 0 bridgehead atoms. The van der Waals surface area contributed by atoms with Crippen molar-refractivity contribution in [1.82, 2.24) is 0 Å². The van der Waals surface area contributed by atoms with Gasteiger partial charge >= 0.3 is 0 Å². The topological polar surface area (TPSA) is 51.2 Å². The van der Waals surface area contributed by atoms with Crippen LogP contribution in [-0.4, -0.2) is 26.2 Å². The van der Waals surface area contributed by atoms with Gasteiger partial charge in [0.2, 0.25) is 0 Å². The fraction of sp³-hybridized carbons (Fsp3) is 0.615. The smallest absolute Gasteiger partial charge is 0.173 e. The molecule has 0 saturated carbocycles. The molecule has 1 heterocycles. The first-order valence-corrected chi connectivity index (χ1v) is 9.16. The largest absolute Gasteiger partial charge is 0.293 e. The van der Waals surface area contributed by atoms with Crippen LogP contribution >= 0.6 is 11.3 Å². The van der Waals surface area contributed by atoms with Crippen molar-refractivity contribution >= 4 is 27.0 Å². The summed E-state index contributed by atoms with van der Waals surface area (Å²) < 4.78 is 22.1. The molecule has 0 spiro atoms. The maximum Gasteiger partial charge on any atom is 0.173 e. The highest BCUT2D eigenvalue weighted by Gasteiger charge is 2.17. The van der Waals surface area contributed by atoms with Crippen LogP contribution in [0.2, 0.25) is 0 Å². The molecular weight excluding hydrogens is 268 g/mol. The van der Waals surface area contributed by atoms with E-state index in [0.29, 0.717) is 0 Å². The van der Waals surface area contributed by atoms with E-state index in [1.54, 1.807) is 11.3 Å². The zero-order valence-electron chi connectivity index (χ0n) is 10.6. The van der Waals surface area contributed by atoms with Crippen LogP contribution in [0.3, 0.4) is 0 Å². The lowest BCUT2D eigenvalue weighted by Crippen LogP contribution is -2.08. The van der Waals surface area contributed by atoms with Crippen LogP contribution in [-0.2, 0) is 22.7 Å². The molecule has 0 amide bonds. The van der Waals surface area contributed by atoms with Crippen molar-refractivity contribution < 1.29 is 13.2 Å². The first kappa shape index (κ1) is 13.7. The molecule has 1 aromatic heterocycles. The maximum atomic E-state index is 11.9. The molecule has 1 aliphatic carbocycles. The number of hydrogen-bond acceptors (Lipinski definition) is 4. The molecule has 1 aromatic rings. The Hall–Kier alpha value is -0.680. The lowest BCUT2D eigenvalue weighted by atomic mass is 10.1. The van der Waals surface area contributed by atoms with E-state index in [9.17, 15) is 13.2 Å². The van der Waals surface area contributed by atoms with Crippen molar-refractivity contribution in [1.29, 1.82) is 0 Å². The van der Waals surface area contributed by atoms with Crippen LogP contribution in [0.25, 0.3) is 0 Å². The summed E-state index contributed by atoms with van der Waals surface area (Å²) >= 11 is 1.56. The number of rotatable bonds is 4. The number of thiophene rings is 1. The molecule has 0 saturated heterocycles. The van der Waals surface area contributed by atoms with Crippen LogP contribution in [0.4, 0.5) is 0 Å². The summed E-state index contributed by atoms with van der Waals surface area (Å²) in [6.45, 7) is 0. The molecule has 0 aromatic carbocycles. The van der Waals surface area contributed by atoms with Gasteiger partial charge in [-0.1, -0.05) is 6.42 Å². The Kier molecular flexibility index (Phi) is 4.22. The average molecular weight is 286 g/mol. The molecule has 1 aliphatic rings. The summed E-state index contributed by atoms with van der Waals surface area (Å²) in [7, 11) is -3.05. The van der Waals surface area contributed by atoms with Gasteiger partial charge in [0.25, 0.3) is 0 Å². The van der Waals surface area contributed by atoms with Gasteiger partial charge in [-0.15, -0.1) is 11.3 Å². The van der Waals surface area contributed by atoms with Crippen LogP contribution in [0.1, 0.15) is 45.8 Å². The number of Topliss-reactive ketones (excluding diaryl/α,β-unsaturated/α-hetero) is 1. The zero-order valence-corrected chi connectivity index (χ0v) is 12.2. The Balaban J connectivity index is 2.07. The van der Waals surface area contributed by atoms with Crippen LogP contribution in [0.5, 0.6) is 0 Å². The van der Waals surface area contributed by atoms with Crippen molar-refractivity contribution in [2.45, 2.75) is 38.5 Å². The summed E-state index contributed by atoms with van der Waals surface area (Å²) in [4.78, 5) is 14.0. The minimum atomic E-state index is -3.05. The van der Waals surface area contributed by atoms with E-state index in [0.717, 1.165) is 17.7 Å². The van der Waals surface area contributed by atoms with Crippen LogP contribution in [0.15, 0.2) is 6.07 Å². The fourth-order valence-electron chi connectivity index (χ4n) is 2.21. The van der Waals surface area contributed by atoms with Gasteiger partial charge in [0.05, 0.1) is 10.6 Å². The Morgan fingerprint density at radius 1 is 1.28 bits per heavy atom. The predicted molar refractivity (Wildman–Crippen MR) is 74.2 cm³/mol. The number of fused-ring (bicyclic) bond motifs is 1. The second-order valence-corrected chi connectivity index (χ2v) is 8.32. The lowest BCUT2D eigenvalue weighted by molar-refractivity contribution is 0.0992. The van der Waals surface area contributed by atoms with Crippen LogP contribution < -0.4 is 0 Å². The van der Waals surface area contributed by atoms with E-state index in [1.165, 1.54) is 36.0 Å². The number of ketones is 1. The normalized spacial score (nSPS) is 16.1. The first-order valence-electron chi connectivity index (χ1n) is 6.28. The van der Waals surface area contributed by atoms with Gasteiger partial charge in [0.1, 0.15) is 9.84 Å². The second kappa shape index (κ2) is 5.53. The Bertz CT molecular complexity index is 517. The molecule has 5 heteroatoms. The highest BCUT2D eigenvalue weighted by Crippen LogP contribution is 2.29. The van der Waals surface area contributed by atoms with Gasteiger partial charge in [-0.3, -0.25) is 4.79 Å². The Morgan fingerprint density at radius 3 is 2.72 bits per heavy atom. The molecule has 100 valence electrons. The summed E-state index contributed by atoms with van der Waals surface area (Å²) in [5.74, 6) is -0.0764. The molecule has 0 N–H and O–H groups in total. The molecule has 0 radical (unpaired) electrons. The number of aryl methyl sites for hydroxylation is 2. The standard InChI is InChI=1S/C13H18O3S2/c1-18(15,16)8-7-11(14)13-9-10-5-3-2-4-6-12(10)17-13/h9H,2-8H2,1H3. The predicted octanol–water partition coefficient (Wildman–Crippen LogP) is 2.63. The van der Waals surface area contributed by atoms with Gasteiger partial charge in [-0.25, -0.2) is 8.42 Å². The molecule has 0 unspecified atom stereocenters. The van der Waals surface area contributed by atoms with Crippen molar-refractivity contribution in [3.8, 4) is 0 Å². The number of hydrogen-bond donors (Lipinski definition) is 0. The van der Waals surface area contributed by atoms with E-state index in [2.05, 4.69) is 0 Å². The quantitative estimate of drug-likeness (QED) is 0.631. The van der Waals surface area contributed by atoms with E-state index >= 15 is 0 Å². The summed E-state index contributed by atoms with van der Waals surface area (Å²) in [5, 5.41) is 0. The third-order valence-corrected chi connectivity index (χ3v) is 5.45. The minimum absolute atomic E-state index is 0.0292. The summed E-state index contributed by atoms with van der Waals surface area (Å²) in [6.07, 6.45) is 7.07. The third-order valence-electron chi connectivity index (χ3n) is 3.22. The molecule has 0 aliphatic heterocycles. The van der Waals surface area contributed by atoms with Crippen LogP contribution in [0, 0.1) is 0 Å². The fourth-order valence-corrected chi connectivity index (χ4v) is 3.98. The van der Waals surface area contributed by atoms with Crippen molar-refractivity contribution in [2.75, 3.05) is 12.0 Å². The molecule has 2 rings (SSSR count). The van der Waals surface area contributed by atoms with E-state index in [1.807, 2.05) is 6.07 Å². The average Bonchev–Trinajstić information content (AvgIpc) is 2.57. The summed E-state index contributed by atoms with van der Waals surface area (Å²) in [5.41, 5.74) is 1.31. The first-order chi connectivity index (χ1) is 8.46. The van der Waals surface area contributed by atoms with Crippen molar-refractivity contribution in [2.24, 2.45) is 0 Å². The monoisotopic (exact) mass is 286 g/mol. The Morgan fingerprint density at radius 2 is 2.00 bits per heavy atom. The second-order valence-electron chi connectivity index (χ2n) is 4.92. The zero-order chi connectivity index (χ0) is 13.2. The van der Waals surface area contributed by atoms with Gasteiger partial charge in [-0.05, 0) is 37.3 Å². The van der Waals surface area contributed by atoms with Gasteiger partial charge in [0.15, 0.2) is 5.78 Å².